The first-order chi connectivity index (χ1) is 8.22. The van der Waals surface area contributed by atoms with Gasteiger partial charge in [0.2, 0.25) is 6.08 Å². The molecule has 0 saturated heterocycles. The summed E-state index contributed by atoms with van der Waals surface area (Å²) < 4.78 is 1.58. The SMILES string of the molecule is Cc1c[nH]c(=O)n1-c1ccc(CN=C=O)cc1. The molecular formula is C12H11N3O2. The second-order valence-corrected chi connectivity index (χ2v) is 3.64. The summed E-state index contributed by atoms with van der Waals surface area (Å²) in [5.41, 5.74) is 2.36. The number of aliphatic imine (C=N–C) groups is 1. The molecule has 0 aliphatic rings. The average molecular weight is 229 g/mol. The molecule has 0 atom stereocenters. The molecule has 0 spiro atoms. The summed E-state index contributed by atoms with van der Waals surface area (Å²) in [4.78, 5) is 27.6. The van der Waals surface area contributed by atoms with Crippen LogP contribution >= 0.6 is 0 Å². The van der Waals surface area contributed by atoms with Crippen molar-refractivity contribution in [2.24, 2.45) is 4.99 Å². The Morgan fingerprint density at radius 2 is 2.06 bits per heavy atom. The summed E-state index contributed by atoms with van der Waals surface area (Å²) in [5.74, 6) is 0. The third-order valence-corrected chi connectivity index (χ3v) is 2.48. The molecule has 1 aromatic carbocycles. The van der Waals surface area contributed by atoms with Crippen LogP contribution in [-0.4, -0.2) is 15.6 Å². The van der Waals surface area contributed by atoms with Crippen molar-refractivity contribution in [2.75, 3.05) is 0 Å². The molecule has 0 aliphatic carbocycles. The Labute approximate surface area is 97.4 Å². The van der Waals surface area contributed by atoms with Gasteiger partial charge in [-0.1, -0.05) is 12.1 Å². The van der Waals surface area contributed by atoms with Crippen LogP contribution in [0.2, 0.25) is 0 Å². The minimum Gasteiger partial charge on any atom is -0.312 e. The van der Waals surface area contributed by atoms with Gasteiger partial charge in [-0.05, 0) is 24.6 Å². The van der Waals surface area contributed by atoms with Gasteiger partial charge in [0.25, 0.3) is 0 Å². The number of H-pyrrole nitrogens is 1. The number of nitrogens with one attached hydrogen (secondary N) is 1. The van der Waals surface area contributed by atoms with Gasteiger partial charge in [0, 0.05) is 11.9 Å². The fourth-order valence-corrected chi connectivity index (χ4v) is 1.65. The van der Waals surface area contributed by atoms with Crippen LogP contribution in [0.4, 0.5) is 0 Å². The summed E-state index contributed by atoms with van der Waals surface area (Å²) in [6, 6.07) is 7.29. The van der Waals surface area contributed by atoms with Gasteiger partial charge >= 0.3 is 5.69 Å². The van der Waals surface area contributed by atoms with Crippen LogP contribution in [0.25, 0.3) is 5.69 Å². The van der Waals surface area contributed by atoms with Gasteiger partial charge in [-0.15, -0.1) is 0 Å². The Morgan fingerprint density at radius 3 is 2.59 bits per heavy atom. The van der Waals surface area contributed by atoms with Crippen molar-refractivity contribution in [1.29, 1.82) is 0 Å². The first-order valence-electron chi connectivity index (χ1n) is 5.12. The van der Waals surface area contributed by atoms with Crippen molar-refractivity contribution in [2.45, 2.75) is 13.5 Å². The molecule has 1 heterocycles. The van der Waals surface area contributed by atoms with Crippen LogP contribution in [0.5, 0.6) is 0 Å². The van der Waals surface area contributed by atoms with E-state index in [1.807, 2.05) is 31.2 Å². The third-order valence-electron chi connectivity index (χ3n) is 2.48. The van der Waals surface area contributed by atoms with Crippen molar-refractivity contribution in [3.8, 4) is 5.69 Å². The number of isocyanates is 1. The minimum atomic E-state index is -0.166. The second-order valence-electron chi connectivity index (χ2n) is 3.64. The number of carbonyl (C=O) groups excluding carboxylic acids is 1. The highest BCUT2D eigenvalue weighted by Crippen LogP contribution is 2.10. The van der Waals surface area contributed by atoms with Crippen LogP contribution in [0.15, 0.2) is 40.2 Å². The minimum absolute atomic E-state index is 0.166. The molecule has 17 heavy (non-hydrogen) atoms. The van der Waals surface area contributed by atoms with Gasteiger partial charge < -0.3 is 4.98 Å². The molecule has 2 rings (SSSR count). The fourth-order valence-electron chi connectivity index (χ4n) is 1.65. The number of aromatic nitrogens is 2. The van der Waals surface area contributed by atoms with Gasteiger partial charge in [0.05, 0.1) is 12.2 Å². The van der Waals surface area contributed by atoms with Gasteiger partial charge in [0.1, 0.15) is 0 Å². The Bertz CT molecular complexity index is 616. The Hall–Kier alpha value is -2.39. The molecule has 5 nitrogen and oxygen atoms in total. The van der Waals surface area contributed by atoms with Crippen molar-refractivity contribution in [3.63, 3.8) is 0 Å². The van der Waals surface area contributed by atoms with E-state index in [-0.39, 0.29) is 5.69 Å². The number of hydrogen-bond donors (Lipinski definition) is 1. The smallest absolute Gasteiger partial charge is 0.312 e. The van der Waals surface area contributed by atoms with Gasteiger partial charge in [0.15, 0.2) is 0 Å². The maximum Gasteiger partial charge on any atom is 0.330 e. The summed E-state index contributed by atoms with van der Waals surface area (Å²) >= 11 is 0. The summed E-state index contributed by atoms with van der Waals surface area (Å²) in [6.07, 6.45) is 3.15. The zero-order valence-corrected chi connectivity index (χ0v) is 9.30. The summed E-state index contributed by atoms with van der Waals surface area (Å²) in [5, 5.41) is 0. The van der Waals surface area contributed by atoms with E-state index < -0.39 is 0 Å². The van der Waals surface area contributed by atoms with E-state index in [0.29, 0.717) is 6.54 Å². The molecule has 0 unspecified atom stereocenters. The fraction of sp³-hybridized carbons (Fsp3) is 0.167. The predicted molar refractivity (Wildman–Crippen MR) is 63.0 cm³/mol. The van der Waals surface area contributed by atoms with Crippen LogP contribution in [-0.2, 0) is 11.3 Å². The molecule has 5 heteroatoms. The lowest BCUT2D eigenvalue weighted by molar-refractivity contribution is 0.563. The first kappa shape index (κ1) is 11.1. The number of nitrogens with zero attached hydrogens (tertiary/aromatic N) is 2. The monoisotopic (exact) mass is 229 g/mol. The van der Waals surface area contributed by atoms with Crippen LogP contribution < -0.4 is 5.69 Å². The number of rotatable bonds is 3. The number of aromatic amines is 1. The molecule has 0 amide bonds. The lowest BCUT2D eigenvalue weighted by Gasteiger charge is -2.04. The molecule has 2 aromatic rings. The molecule has 0 saturated carbocycles. The zero-order chi connectivity index (χ0) is 12.3. The molecule has 0 bridgehead atoms. The maximum atomic E-state index is 11.5. The van der Waals surface area contributed by atoms with Gasteiger partial charge in [-0.3, -0.25) is 4.57 Å². The molecule has 1 N–H and O–H groups in total. The van der Waals surface area contributed by atoms with E-state index in [1.54, 1.807) is 10.8 Å². The van der Waals surface area contributed by atoms with Gasteiger partial charge in [-0.2, -0.15) is 0 Å². The molecular weight excluding hydrogens is 218 g/mol. The molecule has 0 fully saturated rings. The van der Waals surface area contributed by atoms with Crippen LogP contribution in [0.1, 0.15) is 11.3 Å². The van der Waals surface area contributed by atoms with E-state index in [2.05, 4.69) is 9.98 Å². The standard InChI is InChI=1S/C12H11N3O2/c1-9-6-14-12(17)15(9)11-4-2-10(3-5-11)7-13-8-16/h2-6H,7H2,1H3,(H,14,17). The van der Waals surface area contributed by atoms with Crippen LogP contribution in [0.3, 0.4) is 0 Å². The largest absolute Gasteiger partial charge is 0.330 e. The predicted octanol–water partition coefficient (Wildman–Crippen LogP) is 1.31. The lowest BCUT2D eigenvalue weighted by Crippen LogP contribution is -2.15. The van der Waals surface area contributed by atoms with Crippen LogP contribution in [0, 0.1) is 6.92 Å². The first-order valence-corrected chi connectivity index (χ1v) is 5.12. The quantitative estimate of drug-likeness (QED) is 0.637. The molecule has 1 aromatic heterocycles. The number of benzene rings is 1. The van der Waals surface area contributed by atoms with Crippen molar-refractivity contribution in [3.05, 3.63) is 52.2 Å². The van der Waals surface area contributed by atoms with E-state index in [1.165, 1.54) is 6.08 Å². The number of imidazole rings is 1. The van der Waals surface area contributed by atoms with Gasteiger partial charge in [-0.25, -0.2) is 14.6 Å². The highest BCUT2D eigenvalue weighted by Gasteiger charge is 2.04. The molecule has 86 valence electrons. The maximum absolute atomic E-state index is 11.5. The highest BCUT2D eigenvalue weighted by atomic mass is 16.1. The Kier molecular flexibility index (Phi) is 3.03. The van der Waals surface area contributed by atoms with E-state index >= 15 is 0 Å². The average Bonchev–Trinajstić information content (AvgIpc) is 2.67. The summed E-state index contributed by atoms with van der Waals surface area (Å²) in [6.45, 7) is 2.16. The zero-order valence-electron chi connectivity index (χ0n) is 9.30. The molecule has 0 radical (unpaired) electrons. The van der Waals surface area contributed by atoms with Crippen molar-refractivity contribution >= 4 is 6.08 Å². The normalized spacial score (nSPS) is 9.94. The van der Waals surface area contributed by atoms with E-state index in [9.17, 15) is 9.59 Å². The second kappa shape index (κ2) is 4.63. The van der Waals surface area contributed by atoms with E-state index in [4.69, 9.17) is 0 Å². The highest BCUT2D eigenvalue weighted by molar-refractivity contribution is 5.37. The number of hydrogen-bond acceptors (Lipinski definition) is 3. The van der Waals surface area contributed by atoms with Crippen molar-refractivity contribution in [1.82, 2.24) is 9.55 Å². The third kappa shape index (κ3) is 2.24. The molecule has 0 aliphatic heterocycles. The topological polar surface area (TPSA) is 67.2 Å². The van der Waals surface area contributed by atoms with Crippen molar-refractivity contribution < 1.29 is 4.79 Å². The lowest BCUT2D eigenvalue weighted by atomic mass is 10.2. The Morgan fingerprint density at radius 1 is 1.35 bits per heavy atom. The summed E-state index contributed by atoms with van der Waals surface area (Å²) in [7, 11) is 0. The number of aryl methyl sites for hydroxylation is 1. The van der Waals surface area contributed by atoms with E-state index in [0.717, 1.165) is 16.9 Å². The Balaban J connectivity index is 2.36.